The quantitative estimate of drug-likeness (QED) is 0.898. The minimum Gasteiger partial charge on any atom is -0.356 e. The predicted octanol–water partition coefficient (Wildman–Crippen LogP) is 2.97. The average molecular weight is 256 g/mol. The van der Waals surface area contributed by atoms with Crippen LogP contribution < -0.4 is 4.90 Å². The highest BCUT2D eigenvalue weighted by atomic mass is 15.2. The molecule has 0 radical (unpaired) electrons. The lowest BCUT2D eigenvalue weighted by Gasteiger charge is -2.40. The van der Waals surface area contributed by atoms with Gasteiger partial charge >= 0.3 is 0 Å². The summed E-state index contributed by atoms with van der Waals surface area (Å²) in [5.74, 6) is 3.10. The zero-order valence-corrected chi connectivity index (χ0v) is 11.2. The summed E-state index contributed by atoms with van der Waals surface area (Å²) in [5.41, 5.74) is 0.950. The fourth-order valence-corrected chi connectivity index (χ4v) is 3.60. The molecule has 4 rings (SSSR count). The van der Waals surface area contributed by atoms with Gasteiger partial charge in [0.15, 0.2) is 0 Å². The number of nitrogens with zero attached hydrogens (tertiary/aromatic N) is 3. The molecule has 3 heterocycles. The normalized spacial score (nSPS) is 21.8. The van der Waals surface area contributed by atoms with Crippen molar-refractivity contribution in [1.82, 2.24) is 15.0 Å². The van der Waals surface area contributed by atoms with E-state index in [0.717, 1.165) is 41.8 Å². The first-order valence-electron chi connectivity index (χ1n) is 7.45. The molecule has 1 saturated carbocycles. The van der Waals surface area contributed by atoms with Crippen LogP contribution >= 0.6 is 0 Å². The molecular weight excluding hydrogens is 236 g/mol. The first kappa shape index (κ1) is 11.3. The molecule has 0 spiro atoms. The Hall–Kier alpha value is -1.58. The van der Waals surface area contributed by atoms with Gasteiger partial charge in [-0.05, 0) is 30.7 Å². The number of hydrogen-bond acceptors (Lipinski definition) is 3. The number of aromatic amines is 1. The van der Waals surface area contributed by atoms with Crippen LogP contribution in [0.25, 0.3) is 11.0 Å². The zero-order chi connectivity index (χ0) is 12.7. The Morgan fingerprint density at radius 1 is 1.05 bits per heavy atom. The van der Waals surface area contributed by atoms with E-state index in [4.69, 9.17) is 0 Å². The molecule has 2 aliphatic rings. The van der Waals surface area contributed by atoms with Gasteiger partial charge in [0.05, 0.1) is 5.39 Å². The molecule has 2 aromatic rings. The monoisotopic (exact) mass is 256 g/mol. The molecule has 4 nitrogen and oxygen atoms in total. The largest absolute Gasteiger partial charge is 0.356 e. The third-order valence-corrected chi connectivity index (χ3v) is 4.99. The highest BCUT2D eigenvalue weighted by Gasteiger charge is 2.30. The Bertz CT molecular complexity index is 564. The van der Waals surface area contributed by atoms with E-state index in [1.807, 2.05) is 6.20 Å². The molecule has 0 bridgehead atoms. The fourth-order valence-electron chi connectivity index (χ4n) is 3.60. The number of fused-ring (bicyclic) bond motifs is 1. The van der Waals surface area contributed by atoms with Crippen LogP contribution in [0.3, 0.4) is 0 Å². The maximum atomic E-state index is 4.50. The first-order chi connectivity index (χ1) is 9.42. The first-order valence-corrected chi connectivity index (χ1v) is 7.45. The van der Waals surface area contributed by atoms with Crippen molar-refractivity contribution >= 4 is 16.9 Å². The van der Waals surface area contributed by atoms with Crippen LogP contribution in [-0.2, 0) is 0 Å². The molecule has 2 aromatic heterocycles. The second-order valence-electron chi connectivity index (χ2n) is 5.95. The molecule has 100 valence electrons. The Labute approximate surface area is 113 Å². The van der Waals surface area contributed by atoms with E-state index < -0.39 is 0 Å². The van der Waals surface area contributed by atoms with Crippen molar-refractivity contribution < 1.29 is 0 Å². The molecular formula is C15H20N4. The maximum Gasteiger partial charge on any atom is 0.142 e. The molecule has 0 unspecified atom stereocenters. The van der Waals surface area contributed by atoms with Crippen molar-refractivity contribution in [2.24, 2.45) is 11.8 Å². The average Bonchev–Trinajstić information content (AvgIpc) is 2.86. The van der Waals surface area contributed by atoms with E-state index >= 15 is 0 Å². The highest BCUT2D eigenvalue weighted by molar-refractivity contribution is 5.87. The molecule has 4 heteroatoms. The number of rotatable bonds is 2. The van der Waals surface area contributed by atoms with Gasteiger partial charge in [0, 0.05) is 19.3 Å². The Morgan fingerprint density at radius 2 is 1.84 bits per heavy atom. The summed E-state index contributed by atoms with van der Waals surface area (Å²) in [7, 11) is 0. The van der Waals surface area contributed by atoms with Crippen molar-refractivity contribution in [1.29, 1.82) is 0 Å². The van der Waals surface area contributed by atoms with E-state index in [1.165, 1.54) is 32.1 Å². The Morgan fingerprint density at radius 3 is 2.58 bits per heavy atom. The summed E-state index contributed by atoms with van der Waals surface area (Å²) in [6, 6.07) is 2.09. The number of H-pyrrole nitrogens is 1. The van der Waals surface area contributed by atoms with Crippen molar-refractivity contribution in [3.05, 3.63) is 18.6 Å². The second kappa shape index (κ2) is 4.51. The summed E-state index contributed by atoms with van der Waals surface area (Å²) in [6.45, 7) is 2.30. The second-order valence-corrected chi connectivity index (χ2v) is 5.95. The van der Waals surface area contributed by atoms with Crippen LogP contribution in [0.1, 0.15) is 32.1 Å². The molecule has 1 aliphatic heterocycles. The summed E-state index contributed by atoms with van der Waals surface area (Å²) in [4.78, 5) is 14.4. The predicted molar refractivity (Wildman–Crippen MR) is 76.2 cm³/mol. The van der Waals surface area contributed by atoms with Crippen molar-refractivity contribution in [2.75, 3.05) is 18.0 Å². The standard InChI is InChI=1S/C15H20N4/c1-2-11(3-1)12-5-8-19(9-6-12)15-13-4-7-16-14(13)17-10-18-15/h4,7,10-12H,1-3,5-6,8-9H2,(H,16,17,18). The third kappa shape index (κ3) is 1.90. The molecule has 0 aromatic carbocycles. The van der Waals surface area contributed by atoms with Crippen LogP contribution in [0.5, 0.6) is 0 Å². The fraction of sp³-hybridized carbons (Fsp3) is 0.600. The van der Waals surface area contributed by atoms with Gasteiger partial charge in [-0.3, -0.25) is 0 Å². The van der Waals surface area contributed by atoms with Crippen LogP contribution in [0, 0.1) is 11.8 Å². The lowest BCUT2D eigenvalue weighted by Crippen LogP contribution is -2.38. The van der Waals surface area contributed by atoms with Crippen LogP contribution in [0.4, 0.5) is 5.82 Å². The number of anilines is 1. The smallest absolute Gasteiger partial charge is 0.142 e. The van der Waals surface area contributed by atoms with E-state index in [0.29, 0.717) is 0 Å². The number of piperidine rings is 1. The van der Waals surface area contributed by atoms with Crippen LogP contribution in [0.15, 0.2) is 18.6 Å². The molecule has 1 saturated heterocycles. The molecule has 0 atom stereocenters. The van der Waals surface area contributed by atoms with E-state index in [9.17, 15) is 0 Å². The molecule has 1 aliphatic carbocycles. The van der Waals surface area contributed by atoms with E-state index in [-0.39, 0.29) is 0 Å². The summed E-state index contributed by atoms with van der Waals surface area (Å²) >= 11 is 0. The number of nitrogens with one attached hydrogen (secondary N) is 1. The van der Waals surface area contributed by atoms with Gasteiger partial charge in [-0.2, -0.15) is 0 Å². The number of aromatic nitrogens is 3. The minimum absolute atomic E-state index is 0.950. The van der Waals surface area contributed by atoms with E-state index in [2.05, 4.69) is 25.9 Å². The Kier molecular flexibility index (Phi) is 2.67. The van der Waals surface area contributed by atoms with Gasteiger partial charge in [-0.15, -0.1) is 0 Å². The topological polar surface area (TPSA) is 44.8 Å². The highest BCUT2D eigenvalue weighted by Crippen LogP contribution is 2.39. The van der Waals surface area contributed by atoms with Gasteiger partial charge < -0.3 is 9.88 Å². The third-order valence-electron chi connectivity index (χ3n) is 4.99. The summed E-state index contributed by atoms with van der Waals surface area (Å²) in [5, 5.41) is 1.16. The van der Waals surface area contributed by atoms with Gasteiger partial charge in [0.25, 0.3) is 0 Å². The van der Waals surface area contributed by atoms with Gasteiger partial charge in [-0.1, -0.05) is 19.3 Å². The molecule has 2 fully saturated rings. The van der Waals surface area contributed by atoms with Crippen LogP contribution in [0.2, 0.25) is 0 Å². The number of hydrogen-bond donors (Lipinski definition) is 1. The van der Waals surface area contributed by atoms with Crippen LogP contribution in [-0.4, -0.2) is 28.0 Å². The van der Waals surface area contributed by atoms with Crippen molar-refractivity contribution in [3.63, 3.8) is 0 Å². The summed E-state index contributed by atoms with van der Waals surface area (Å²) in [6.07, 6.45) is 10.7. The molecule has 1 N–H and O–H groups in total. The lowest BCUT2D eigenvalue weighted by molar-refractivity contribution is 0.176. The SMILES string of the molecule is c1nc(N2CCC(C3CCC3)CC2)c2cc[nH]c2n1. The van der Waals surface area contributed by atoms with Gasteiger partial charge in [0.2, 0.25) is 0 Å². The van der Waals surface area contributed by atoms with Crippen molar-refractivity contribution in [2.45, 2.75) is 32.1 Å². The van der Waals surface area contributed by atoms with Crippen molar-refractivity contribution in [3.8, 4) is 0 Å². The molecule has 19 heavy (non-hydrogen) atoms. The Balaban J connectivity index is 1.52. The van der Waals surface area contributed by atoms with E-state index in [1.54, 1.807) is 6.33 Å². The maximum absolute atomic E-state index is 4.50. The lowest BCUT2D eigenvalue weighted by atomic mass is 9.72. The molecule has 0 amide bonds. The minimum atomic E-state index is 0.950. The van der Waals surface area contributed by atoms with Gasteiger partial charge in [0.1, 0.15) is 17.8 Å². The zero-order valence-electron chi connectivity index (χ0n) is 11.2. The van der Waals surface area contributed by atoms with Gasteiger partial charge in [-0.25, -0.2) is 9.97 Å². The summed E-state index contributed by atoms with van der Waals surface area (Å²) < 4.78 is 0.